The number of hydrogen-bond acceptors (Lipinski definition) is 9. The van der Waals surface area contributed by atoms with Crippen LogP contribution in [0.3, 0.4) is 0 Å². The van der Waals surface area contributed by atoms with E-state index in [2.05, 4.69) is 20.8 Å². The highest BCUT2D eigenvalue weighted by Crippen LogP contribution is 2.84. The molecule has 0 radical (unpaired) electrons. The number of allylic oxidation sites excluding steroid dienone is 1. The van der Waals surface area contributed by atoms with Gasteiger partial charge < -0.3 is 32.8 Å². The minimum Gasteiger partial charge on any atom is -0.466 e. The number of carbonyl (C=O) groups is 2. The molecule has 0 unspecified atom stereocenters. The minimum atomic E-state index is -0.980. The summed E-state index contributed by atoms with van der Waals surface area (Å²) in [4.78, 5) is 27.8. The molecule has 0 amide bonds. The second-order valence-electron chi connectivity index (χ2n) is 15.4. The van der Waals surface area contributed by atoms with Gasteiger partial charge >= 0.3 is 11.9 Å². The molecule has 0 N–H and O–H groups in total. The Balaban J connectivity index is 1.29. The highest BCUT2D eigenvalue weighted by molar-refractivity contribution is 6.17. The molecule has 45 heavy (non-hydrogen) atoms. The first-order chi connectivity index (χ1) is 21.7. The SMILES string of the molecule is CCOC(=O)C1=C2C[C@H]3[C@H](COCOC)[C@H]4C[C@H]4[C@]3(C)[C@@H]3CC4=C5[C@@H](c6c(C)coc6[C@@H](OCOC)[C@@]5(C)[C@@H]5C[C@H]45)[C@]23OC1=O. The van der Waals surface area contributed by atoms with Gasteiger partial charge in [-0.3, -0.25) is 0 Å². The Morgan fingerprint density at radius 3 is 2.62 bits per heavy atom. The molecule has 4 saturated carbocycles. The van der Waals surface area contributed by atoms with Crippen molar-refractivity contribution in [3.8, 4) is 0 Å². The van der Waals surface area contributed by atoms with Gasteiger partial charge in [-0.05, 0) is 97.2 Å². The van der Waals surface area contributed by atoms with Crippen molar-refractivity contribution in [2.45, 2.75) is 71.0 Å². The monoisotopic (exact) mass is 620 g/mol. The highest BCUT2D eigenvalue weighted by Gasteiger charge is 2.81. The van der Waals surface area contributed by atoms with Crippen molar-refractivity contribution in [1.82, 2.24) is 0 Å². The Morgan fingerprint density at radius 1 is 1.07 bits per heavy atom. The molecule has 0 aromatic carbocycles. The number of carbonyl (C=O) groups excluding carboxylic acids is 2. The first-order valence-corrected chi connectivity index (χ1v) is 16.8. The van der Waals surface area contributed by atoms with Gasteiger partial charge in [0.1, 0.15) is 36.6 Å². The molecule has 1 aromatic rings. The van der Waals surface area contributed by atoms with Crippen LogP contribution in [0.5, 0.6) is 0 Å². The second kappa shape index (κ2) is 9.33. The Labute approximate surface area is 263 Å². The average Bonchev–Trinajstić information content (AvgIpc) is 3.89. The zero-order valence-electron chi connectivity index (χ0n) is 27.1. The van der Waals surface area contributed by atoms with Crippen LogP contribution in [0.25, 0.3) is 0 Å². The predicted octanol–water partition coefficient (Wildman–Crippen LogP) is 5.39. The van der Waals surface area contributed by atoms with E-state index in [1.165, 1.54) is 12.0 Å². The average molecular weight is 621 g/mol. The fraction of sp³-hybridized carbons (Fsp3) is 0.722. The van der Waals surface area contributed by atoms with Crippen LogP contribution in [0.4, 0.5) is 0 Å². The molecule has 9 heteroatoms. The van der Waals surface area contributed by atoms with E-state index in [-0.39, 0.29) is 60.5 Å². The van der Waals surface area contributed by atoms with E-state index >= 15 is 0 Å². The van der Waals surface area contributed by atoms with Gasteiger partial charge in [-0.15, -0.1) is 0 Å². The number of furan rings is 1. The number of fused-ring (bicyclic) bond motifs is 9. The van der Waals surface area contributed by atoms with Crippen molar-refractivity contribution in [3.63, 3.8) is 0 Å². The van der Waals surface area contributed by atoms with Gasteiger partial charge in [0.05, 0.1) is 25.4 Å². The zero-order chi connectivity index (χ0) is 31.2. The van der Waals surface area contributed by atoms with Gasteiger partial charge in [0.15, 0.2) is 0 Å². The van der Waals surface area contributed by atoms with Crippen LogP contribution in [0.15, 0.2) is 33.0 Å². The van der Waals surface area contributed by atoms with Crippen LogP contribution in [0.1, 0.15) is 75.4 Å². The molecule has 7 aliphatic carbocycles. The van der Waals surface area contributed by atoms with Crippen LogP contribution in [-0.2, 0) is 38.0 Å². The molecule has 8 aliphatic rings. The molecule has 9 nitrogen and oxygen atoms in total. The van der Waals surface area contributed by atoms with E-state index in [0.717, 1.165) is 35.3 Å². The van der Waals surface area contributed by atoms with E-state index < -0.39 is 17.5 Å². The Hall–Kier alpha value is -2.46. The molecule has 1 aromatic heterocycles. The van der Waals surface area contributed by atoms with Crippen molar-refractivity contribution in [1.29, 1.82) is 0 Å². The summed E-state index contributed by atoms with van der Waals surface area (Å²) in [5.74, 6) is 2.15. The summed E-state index contributed by atoms with van der Waals surface area (Å²) >= 11 is 0. The first kappa shape index (κ1) is 28.7. The standard InChI is InChI=1S/C36H44O9/c1-7-42-32(37)27-24-11-23-20(13-41-14-39-5)18-9-21(18)34(23,3)25-10-19-17-8-22(17)35(4)28(19)29(36(24,25)45-33(27)38)26-16(2)12-43-30(26)31(35)44-15-40-6/h12,17-18,20-23,25,29,31H,7-11,13-15H2,1-6H3/t17-,18-,20-,21-,22-,23+,25+,29-,31-,34+,35+,36+/m1/s1. The number of esters is 2. The maximum Gasteiger partial charge on any atom is 0.346 e. The van der Waals surface area contributed by atoms with Gasteiger partial charge in [0, 0.05) is 31.1 Å². The summed E-state index contributed by atoms with van der Waals surface area (Å²) in [6.45, 7) is 9.92. The van der Waals surface area contributed by atoms with Crippen molar-refractivity contribution in [2.75, 3.05) is 41.0 Å². The Morgan fingerprint density at radius 2 is 1.87 bits per heavy atom. The summed E-state index contributed by atoms with van der Waals surface area (Å²) < 4.78 is 42.1. The number of hydrogen-bond donors (Lipinski definition) is 0. The van der Waals surface area contributed by atoms with E-state index in [1.807, 2.05) is 6.26 Å². The zero-order valence-corrected chi connectivity index (χ0v) is 27.1. The lowest BCUT2D eigenvalue weighted by Crippen LogP contribution is -2.62. The number of aryl methyl sites for hydroxylation is 1. The Kier molecular flexibility index (Phi) is 5.96. The third kappa shape index (κ3) is 3.24. The van der Waals surface area contributed by atoms with Crippen LogP contribution >= 0.6 is 0 Å². The van der Waals surface area contributed by atoms with E-state index in [1.54, 1.807) is 26.7 Å². The van der Waals surface area contributed by atoms with Crippen LogP contribution < -0.4 is 0 Å². The third-order valence-electron chi connectivity index (χ3n) is 14.0. The lowest BCUT2D eigenvalue weighted by Gasteiger charge is -2.62. The maximum atomic E-state index is 14.2. The smallest absolute Gasteiger partial charge is 0.346 e. The first-order valence-electron chi connectivity index (χ1n) is 16.8. The van der Waals surface area contributed by atoms with Crippen LogP contribution in [-0.4, -0.2) is 58.6 Å². The molecule has 0 bridgehead atoms. The normalized spacial score (nSPS) is 45.6. The molecular weight excluding hydrogens is 576 g/mol. The molecule has 1 aliphatic heterocycles. The number of ether oxygens (including phenoxy) is 6. The third-order valence-corrected chi connectivity index (χ3v) is 14.0. The van der Waals surface area contributed by atoms with Gasteiger partial charge in [-0.25, -0.2) is 9.59 Å². The molecule has 0 saturated heterocycles. The maximum absolute atomic E-state index is 14.2. The quantitative estimate of drug-likeness (QED) is 0.118. The second-order valence-corrected chi connectivity index (χ2v) is 15.4. The van der Waals surface area contributed by atoms with Crippen LogP contribution in [0.2, 0.25) is 0 Å². The largest absolute Gasteiger partial charge is 0.466 e. The summed E-state index contributed by atoms with van der Waals surface area (Å²) in [6.07, 6.45) is 5.34. The predicted molar refractivity (Wildman–Crippen MR) is 158 cm³/mol. The van der Waals surface area contributed by atoms with E-state index in [4.69, 9.17) is 32.8 Å². The van der Waals surface area contributed by atoms with Gasteiger partial charge in [0.25, 0.3) is 0 Å². The molecule has 9 rings (SSSR count). The topological polar surface area (TPSA) is 103 Å². The molecule has 4 fully saturated rings. The van der Waals surface area contributed by atoms with Crippen molar-refractivity contribution in [3.05, 3.63) is 45.4 Å². The van der Waals surface area contributed by atoms with Crippen molar-refractivity contribution in [2.24, 2.45) is 52.3 Å². The Bertz CT molecular complexity index is 1570. The van der Waals surface area contributed by atoms with Crippen molar-refractivity contribution >= 4 is 11.9 Å². The lowest BCUT2D eigenvalue weighted by molar-refractivity contribution is -0.176. The molecule has 12 atom stereocenters. The molecular formula is C36H44O9. The van der Waals surface area contributed by atoms with Crippen LogP contribution in [0, 0.1) is 59.2 Å². The number of methoxy groups -OCH3 is 2. The highest BCUT2D eigenvalue weighted by atomic mass is 16.7. The fourth-order valence-corrected chi connectivity index (χ4v) is 12.4. The summed E-state index contributed by atoms with van der Waals surface area (Å²) in [7, 11) is 3.30. The molecule has 1 spiro atoms. The minimum absolute atomic E-state index is 0.0306. The molecule has 242 valence electrons. The lowest BCUT2D eigenvalue weighted by atomic mass is 9.43. The summed E-state index contributed by atoms with van der Waals surface area (Å²) in [6, 6.07) is 0. The van der Waals surface area contributed by atoms with Gasteiger partial charge in [0.2, 0.25) is 0 Å². The summed E-state index contributed by atoms with van der Waals surface area (Å²) in [5.41, 5.74) is 4.58. The van der Waals surface area contributed by atoms with E-state index in [9.17, 15) is 9.59 Å². The van der Waals surface area contributed by atoms with Gasteiger partial charge in [-0.2, -0.15) is 0 Å². The fourth-order valence-electron chi connectivity index (χ4n) is 12.4. The van der Waals surface area contributed by atoms with E-state index in [0.29, 0.717) is 42.6 Å². The van der Waals surface area contributed by atoms with Gasteiger partial charge in [-0.1, -0.05) is 19.4 Å². The summed E-state index contributed by atoms with van der Waals surface area (Å²) in [5, 5.41) is 0. The van der Waals surface area contributed by atoms with Crippen molar-refractivity contribution < 1.29 is 42.4 Å². The molecule has 2 heterocycles. The number of rotatable bonds is 9.